The molecule has 0 aliphatic carbocycles. The molecule has 6 nitrogen and oxygen atoms in total. The van der Waals surface area contributed by atoms with Gasteiger partial charge in [-0.25, -0.2) is 4.39 Å². The minimum atomic E-state index is -0.376. The lowest BCUT2D eigenvalue weighted by Crippen LogP contribution is -2.37. The monoisotopic (exact) mass is 386 g/mol. The molecule has 148 valence electrons. The number of methoxy groups -OCH3 is 2. The van der Waals surface area contributed by atoms with Gasteiger partial charge in [0, 0.05) is 37.3 Å². The van der Waals surface area contributed by atoms with E-state index in [1.807, 2.05) is 0 Å². The Balaban J connectivity index is 1.68. The molecule has 1 heterocycles. The van der Waals surface area contributed by atoms with Gasteiger partial charge in [0.15, 0.2) is 11.5 Å². The van der Waals surface area contributed by atoms with Gasteiger partial charge in [0.25, 0.3) is 11.8 Å². The van der Waals surface area contributed by atoms with E-state index in [4.69, 9.17) is 9.47 Å². The van der Waals surface area contributed by atoms with E-state index in [1.165, 1.54) is 31.4 Å². The van der Waals surface area contributed by atoms with Crippen LogP contribution < -0.4 is 9.47 Å². The van der Waals surface area contributed by atoms with Gasteiger partial charge in [-0.2, -0.15) is 0 Å². The first-order valence-corrected chi connectivity index (χ1v) is 9.09. The zero-order valence-corrected chi connectivity index (χ0v) is 16.0. The molecule has 0 aromatic heterocycles. The van der Waals surface area contributed by atoms with Crippen molar-refractivity contribution in [3.8, 4) is 11.5 Å². The highest BCUT2D eigenvalue weighted by Crippen LogP contribution is 2.28. The minimum absolute atomic E-state index is 0.114. The Kier molecular flexibility index (Phi) is 6.13. The fourth-order valence-electron chi connectivity index (χ4n) is 3.25. The number of carbonyl (C=O) groups is 2. The predicted molar refractivity (Wildman–Crippen MR) is 102 cm³/mol. The maximum atomic E-state index is 13.1. The maximum absolute atomic E-state index is 13.1. The topological polar surface area (TPSA) is 59.1 Å². The van der Waals surface area contributed by atoms with E-state index >= 15 is 0 Å². The Labute approximate surface area is 163 Å². The van der Waals surface area contributed by atoms with Gasteiger partial charge in [-0.1, -0.05) is 0 Å². The minimum Gasteiger partial charge on any atom is -0.493 e. The average molecular weight is 386 g/mol. The first-order chi connectivity index (χ1) is 13.5. The number of hydrogen-bond donors (Lipinski definition) is 0. The molecule has 2 amide bonds. The summed E-state index contributed by atoms with van der Waals surface area (Å²) in [7, 11) is 3.07. The van der Waals surface area contributed by atoms with Gasteiger partial charge >= 0.3 is 0 Å². The first-order valence-electron chi connectivity index (χ1n) is 9.09. The van der Waals surface area contributed by atoms with Crippen molar-refractivity contribution in [1.82, 2.24) is 9.80 Å². The second kappa shape index (κ2) is 8.73. The average Bonchev–Trinajstić information content (AvgIpc) is 2.99. The summed E-state index contributed by atoms with van der Waals surface area (Å²) in [6.45, 7) is 1.96. The number of ether oxygens (including phenoxy) is 2. The van der Waals surface area contributed by atoms with Crippen LogP contribution in [-0.2, 0) is 0 Å². The molecule has 0 saturated carbocycles. The highest BCUT2D eigenvalue weighted by atomic mass is 19.1. The Bertz CT molecular complexity index is 854. The number of halogens is 1. The molecule has 0 radical (unpaired) electrons. The molecule has 7 heteroatoms. The second-order valence-electron chi connectivity index (χ2n) is 6.51. The van der Waals surface area contributed by atoms with E-state index in [2.05, 4.69) is 0 Å². The molecule has 0 bridgehead atoms. The van der Waals surface area contributed by atoms with Crippen LogP contribution in [0.25, 0.3) is 0 Å². The molecule has 2 aromatic rings. The number of hydrogen-bond acceptors (Lipinski definition) is 4. The van der Waals surface area contributed by atoms with E-state index in [0.29, 0.717) is 55.2 Å². The zero-order valence-electron chi connectivity index (χ0n) is 16.0. The van der Waals surface area contributed by atoms with Crippen molar-refractivity contribution in [3.05, 3.63) is 59.4 Å². The van der Waals surface area contributed by atoms with Crippen molar-refractivity contribution in [2.24, 2.45) is 0 Å². The molecule has 1 aliphatic rings. The Morgan fingerprint density at radius 1 is 0.786 bits per heavy atom. The van der Waals surface area contributed by atoms with Crippen molar-refractivity contribution in [1.29, 1.82) is 0 Å². The smallest absolute Gasteiger partial charge is 0.254 e. The van der Waals surface area contributed by atoms with Gasteiger partial charge in [0.2, 0.25) is 0 Å². The van der Waals surface area contributed by atoms with Crippen LogP contribution in [0.1, 0.15) is 27.1 Å². The van der Waals surface area contributed by atoms with Crippen LogP contribution >= 0.6 is 0 Å². The van der Waals surface area contributed by atoms with Crippen molar-refractivity contribution in [3.63, 3.8) is 0 Å². The van der Waals surface area contributed by atoms with Crippen LogP contribution in [0.3, 0.4) is 0 Å². The quantitative estimate of drug-likeness (QED) is 0.811. The number of rotatable bonds is 4. The molecular weight excluding hydrogens is 363 g/mol. The van der Waals surface area contributed by atoms with Gasteiger partial charge in [-0.15, -0.1) is 0 Å². The Hall–Kier alpha value is -3.09. The van der Waals surface area contributed by atoms with Crippen molar-refractivity contribution in [2.45, 2.75) is 6.42 Å². The molecule has 3 rings (SSSR count). The predicted octanol–water partition coefficient (Wildman–Crippen LogP) is 2.83. The normalized spacial score (nSPS) is 14.4. The summed E-state index contributed by atoms with van der Waals surface area (Å²) in [6.07, 6.45) is 0.673. The summed E-state index contributed by atoms with van der Waals surface area (Å²) < 4.78 is 23.6. The molecule has 1 saturated heterocycles. The lowest BCUT2D eigenvalue weighted by Gasteiger charge is -2.22. The van der Waals surface area contributed by atoms with E-state index in [0.717, 1.165) is 0 Å². The van der Waals surface area contributed by atoms with Crippen LogP contribution in [0.2, 0.25) is 0 Å². The SMILES string of the molecule is COc1ccc(C(=O)N2CCCN(C(=O)c3ccc(F)cc3)CC2)cc1OC. The third-order valence-electron chi connectivity index (χ3n) is 4.79. The summed E-state index contributed by atoms with van der Waals surface area (Å²) in [5.41, 5.74) is 0.956. The summed E-state index contributed by atoms with van der Waals surface area (Å²) in [6, 6.07) is 10.6. The largest absolute Gasteiger partial charge is 0.493 e. The van der Waals surface area contributed by atoms with Gasteiger partial charge in [-0.3, -0.25) is 9.59 Å². The number of carbonyl (C=O) groups excluding carboxylic acids is 2. The molecule has 2 aromatic carbocycles. The van der Waals surface area contributed by atoms with E-state index in [9.17, 15) is 14.0 Å². The summed E-state index contributed by atoms with van der Waals surface area (Å²) in [5.74, 6) is 0.416. The van der Waals surface area contributed by atoms with Crippen LogP contribution in [-0.4, -0.2) is 62.0 Å². The van der Waals surface area contributed by atoms with Crippen LogP contribution in [0, 0.1) is 5.82 Å². The van der Waals surface area contributed by atoms with Crippen LogP contribution in [0.15, 0.2) is 42.5 Å². The maximum Gasteiger partial charge on any atom is 0.254 e. The molecule has 28 heavy (non-hydrogen) atoms. The van der Waals surface area contributed by atoms with Crippen molar-refractivity contribution >= 4 is 11.8 Å². The van der Waals surface area contributed by atoms with E-state index in [1.54, 1.807) is 35.1 Å². The van der Waals surface area contributed by atoms with Crippen molar-refractivity contribution < 1.29 is 23.5 Å². The Morgan fingerprint density at radius 3 is 1.89 bits per heavy atom. The van der Waals surface area contributed by atoms with Gasteiger partial charge in [0.1, 0.15) is 5.82 Å². The summed E-state index contributed by atoms with van der Waals surface area (Å²) in [5, 5.41) is 0. The van der Waals surface area contributed by atoms with Gasteiger partial charge in [-0.05, 0) is 48.9 Å². The lowest BCUT2D eigenvalue weighted by atomic mass is 10.1. The fraction of sp³-hybridized carbons (Fsp3) is 0.333. The van der Waals surface area contributed by atoms with E-state index < -0.39 is 0 Å². The fourth-order valence-corrected chi connectivity index (χ4v) is 3.25. The van der Waals surface area contributed by atoms with Gasteiger partial charge in [0.05, 0.1) is 14.2 Å². The van der Waals surface area contributed by atoms with Crippen molar-refractivity contribution in [2.75, 3.05) is 40.4 Å². The number of nitrogens with zero attached hydrogens (tertiary/aromatic N) is 2. The third-order valence-corrected chi connectivity index (χ3v) is 4.79. The lowest BCUT2D eigenvalue weighted by molar-refractivity contribution is 0.0718. The Morgan fingerprint density at radius 2 is 1.32 bits per heavy atom. The highest BCUT2D eigenvalue weighted by Gasteiger charge is 2.24. The van der Waals surface area contributed by atoms with Crippen LogP contribution in [0.4, 0.5) is 4.39 Å². The number of amides is 2. The molecule has 0 spiro atoms. The van der Waals surface area contributed by atoms with Crippen LogP contribution in [0.5, 0.6) is 11.5 Å². The van der Waals surface area contributed by atoms with E-state index in [-0.39, 0.29) is 17.6 Å². The molecule has 1 fully saturated rings. The second-order valence-corrected chi connectivity index (χ2v) is 6.51. The standard InChI is InChI=1S/C21H23FN2O4/c1-27-18-9-6-16(14-19(18)28-2)21(26)24-11-3-10-23(12-13-24)20(25)15-4-7-17(22)8-5-15/h4-9,14H,3,10-13H2,1-2H3. The third kappa shape index (κ3) is 4.24. The molecule has 0 atom stereocenters. The summed E-state index contributed by atoms with van der Waals surface area (Å²) in [4.78, 5) is 29.0. The molecule has 1 aliphatic heterocycles. The highest BCUT2D eigenvalue weighted by molar-refractivity contribution is 5.96. The molecular formula is C21H23FN2O4. The number of benzene rings is 2. The zero-order chi connectivity index (χ0) is 20.1. The first kappa shape index (κ1) is 19.7. The summed E-state index contributed by atoms with van der Waals surface area (Å²) >= 11 is 0. The van der Waals surface area contributed by atoms with Gasteiger partial charge < -0.3 is 19.3 Å². The molecule has 0 unspecified atom stereocenters. The molecule has 0 N–H and O–H groups in total.